The molecule has 1 saturated heterocycles. The Kier molecular flexibility index (Phi) is 5.07. The van der Waals surface area contributed by atoms with E-state index in [9.17, 15) is 0 Å². The molecule has 15 heavy (non-hydrogen) atoms. The molecule has 1 aliphatic rings. The standard InChI is InChI=1S/C13H28N2/c1-11(10-12(2)14(4)5)13(3)15-8-6-7-9-15/h11-13H,6-10H2,1-5H3. The van der Waals surface area contributed by atoms with E-state index in [1.54, 1.807) is 0 Å². The SMILES string of the molecule is CC(CC(C)N(C)C)C(C)N1CCCC1. The lowest BCUT2D eigenvalue weighted by molar-refractivity contribution is 0.164. The first-order valence-corrected chi connectivity index (χ1v) is 6.43. The predicted molar refractivity (Wildman–Crippen MR) is 67.2 cm³/mol. The Morgan fingerprint density at radius 3 is 2.07 bits per heavy atom. The maximum atomic E-state index is 2.66. The Morgan fingerprint density at radius 1 is 1.07 bits per heavy atom. The summed E-state index contributed by atoms with van der Waals surface area (Å²) in [5.41, 5.74) is 0. The molecular formula is C13H28N2. The maximum absolute atomic E-state index is 2.66. The molecule has 1 heterocycles. The van der Waals surface area contributed by atoms with Crippen LogP contribution in [0.25, 0.3) is 0 Å². The smallest absolute Gasteiger partial charge is 0.00931 e. The molecule has 90 valence electrons. The Morgan fingerprint density at radius 2 is 1.60 bits per heavy atom. The molecule has 3 atom stereocenters. The van der Waals surface area contributed by atoms with Gasteiger partial charge in [0.1, 0.15) is 0 Å². The number of nitrogens with zero attached hydrogens (tertiary/aromatic N) is 2. The molecule has 0 aromatic heterocycles. The molecule has 3 unspecified atom stereocenters. The van der Waals surface area contributed by atoms with Crippen LogP contribution in [0.1, 0.15) is 40.0 Å². The third-order valence-electron chi connectivity index (χ3n) is 4.13. The molecule has 0 amide bonds. The first kappa shape index (κ1) is 13.0. The Labute approximate surface area is 95.6 Å². The zero-order valence-corrected chi connectivity index (χ0v) is 11.2. The zero-order chi connectivity index (χ0) is 11.4. The third-order valence-corrected chi connectivity index (χ3v) is 4.13. The Bertz CT molecular complexity index is 173. The topological polar surface area (TPSA) is 6.48 Å². The van der Waals surface area contributed by atoms with Crippen LogP contribution >= 0.6 is 0 Å². The van der Waals surface area contributed by atoms with Crippen LogP contribution in [0, 0.1) is 5.92 Å². The molecule has 0 saturated carbocycles. The quantitative estimate of drug-likeness (QED) is 0.690. The van der Waals surface area contributed by atoms with Crippen molar-refractivity contribution in [3.8, 4) is 0 Å². The van der Waals surface area contributed by atoms with Gasteiger partial charge in [0.2, 0.25) is 0 Å². The summed E-state index contributed by atoms with van der Waals surface area (Å²) in [6.07, 6.45) is 4.12. The van der Waals surface area contributed by atoms with Crippen LogP contribution < -0.4 is 0 Å². The van der Waals surface area contributed by atoms with Crippen molar-refractivity contribution >= 4 is 0 Å². The van der Waals surface area contributed by atoms with Crippen molar-refractivity contribution in [1.82, 2.24) is 9.80 Å². The first-order valence-electron chi connectivity index (χ1n) is 6.43. The minimum atomic E-state index is 0.699. The van der Waals surface area contributed by atoms with Crippen LogP contribution in [0.3, 0.4) is 0 Å². The van der Waals surface area contributed by atoms with E-state index in [0.717, 1.165) is 12.0 Å². The third kappa shape index (κ3) is 3.76. The van der Waals surface area contributed by atoms with Crippen molar-refractivity contribution in [3.05, 3.63) is 0 Å². The van der Waals surface area contributed by atoms with Crippen molar-refractivity contribution in [2.24, 2.45) is 5.92 Å². The minimum absolute atomic E-state index is 0.699. The second-order valence-corrected chi connectivity index (χ2v) is 5.51. The van der Waals surface area contributed by atoms with Gasteiger partial charge >= 0.3 is 0 Å². The van der Waals surface area contributed by atoms with Crippen LogP contribution in [0.4, 0.5) is 0 Å². The van der Waals surface area contributed by atoms with E-state index in [4.69, 9.17) is 0 Å². The second-order valence-electron chi connectivity index (χ2n) is 5.51. The fraction of sp³-hybridized carbons (Fsp3) is 1.00. The summed E-state index contributed by atoms with van der Waals surface area (Å²) in [6, 6.07) is 1.46. The van der Waals surface area contributed by atoms with Crippen LogP contribution in [-0.4, -0.2) is 49.1 Å². The first-order chi connectivity index (χ1) is 7.02. The summed E-state index contributed by atoms with van der Waals surface area (Å²) in [7, 11) is 4.36. The lowest BCUT2D eigenvalue weighted by Crippen LogP contribution is -2.38. The number of likely N-dealkylation sites (tertiary alicyclic amines) is 1. The molecule has 0 aromatic rings. The number of hydrogen-bond acceptors (Lipinski definition) is 2. The molecule has 0 radical (unpaired) electrons. The molecule has 0 spiro atoms. The molecule has 0 N–H and O–H groups in total. The van der Waals surface area contributed by atoms with Gasteiger partial charge in [0.25, 0.3) is 0 Å². The highest BCUT2D eigenvalue weighted by Crippen LogP contribution is 2.21. The molecule has 0 aliphatic carbocycles. The van der Waals surface area contributed by atoms with E-state index in [-0.39, 0.29) is 0 Å². The van der Waals surface area contributed by atoms with Gasteiger partial charge in [-0.2, -0.15) is 0 Å². The molecular weight excluding hydrogens is 184 g/mol. The van der Waals surface area contributed by atoms with E-state index >= 15 is 0 Å². The molecule has 0 aromatic carbocycles. The molecule has 0 bridgehead atoms. The highest BCUT2D eigenvalue weighted by atomic mass is 15.2. The van der Waals surface area contributed by atoms with Gasteiger partial charge in [-0.3, -0.25) is 0 Å². The summed E-state index contributed by atoms with van der Waals surface area (Å²) in [6.45, 7) is 9.78. The molecule has 1 fully saturated rings. The highest BCUT2D eigenvalue weighted by Gasteiger charge is 2.24. The summed E-state index contributed by atoms with van der Waals surface area (Å²) in [4.78, 5) is 4.99. The van der Waals surface area contributed by atoms with Gasteiger partial charge in [-0.15, -0.1) is 0 Å². The van der Waals surface area contributed by atoms with Crippen molar-refractivity contribution < 1.29 is 0 Å². The largest absolute Gasteiger partial charge is 0.307 e. The molecule has 1 aliphatic heterocycles. The van der Waals surface area contributed by atoms with Gasteiger partial charge in [0.15, 0.2) is 0 Å². The second kappa shape index (κ2) is 5.86. The predicted octanol–water partition coefficient (Wildman–Crippen LogP) is 2.45. The maximum Gasteiger partial charge on any atom is 0.00931 e. The highest BCUT2D eigenvalue weighted by molar-refractivity contribution is 4.79. The number of rotatable bonds is 5. The van der Waals surface area contributed by atoms with Crippen molar-refractivity contribution in [3.63, 3.8) is 0 Å². The Hall–Kier alpha value is -0.0800. The van der Waals surface area contributed by atoms with Gasteiger partial charge in [-0.05, 0) is 66.2 Å². The van der Waals surface area contributed by atoms with E-state index in [2.05, 4.69) is 44.7 Å². The lowest BCUT2D eigenvalue weighted by atomic mass is 9.94. The van der Waals surface area contributed by atoms with Gasteiger partial charge < -0.3 is 9.80 Å². The normalized spacial score (nSPS) is 24.4. The van der Waals surface area contributed by atoms with E-state index in [0.29, 0.717) is 6.04 Å². The molecule has 2 heteroatoms. The van der Waals surface area contributed by atoms with Crippen molar-refractivity contribution in [2.75, 3.05) is 27.2 Å². The van der Waals surface area contributed by atoms with Gasteiger partial charge in [0.05, 0.1) is 0 Å². The van der Waals surface area contributed by atoms with Crippen molar-refractivity contribution in [1.29, 1.82) is 0 Å². The average Bonchev–Trinajstić information content (AvgIpc) is 2.68. The van der Waals surface area contributed by atoms with E-state index in [1.807, 2.05) is 0 Å². The minimum Gasteiger partial charge on any atom is -0.307 e. The van der Waals surface area contributed by atoms with Crippen LogP contribution in [0.15, 0.2) is 0 Å². The van der Waals surface area contributed by atoms with Gasteiger partial charge in [0, 0.05) is 12.1 Å². The fourth-order valence-electron chi connectivity index (χ4n) is 2.45. The molecule has 1 rings (SSSR count). The lowest BCUT2D eigenvalue weighted by Gasteiger charge is -2.32. The summed E-state index contributed by atoms with van der Waals surface area (Å²) in [5.74, 6) is 0.806. The van der Waals surface area contributed by atoms with Gasteiger partial charge in [-0.25, -0.2) is 0 Å². The van der Waals surface area contributed by atoms with Crippen LogP contribution in [0.2, 0.25) is 0 Å². The Balaban J connectivity index is 2.34. The van der Waals surface area contributed by atoms with Crippen LogP contribution in [-0.2, 0) is 0 Å². The average molecular weight is 212 g/mol. The van der Waals surface area contributed by atoms with Crippen molar-refractivity contribution in [2.45, 2.75) is 52.1 Å². The van der Waals surface area contributed by atoms with Gasteiger partial charge in [-0.1, -0.05) is 6.92 Å². The monoisotopic (exact) mass is 212 g/mol. The summed E-state index contributed by atoms with van der Waals surface area (Å²) < 4.78 is 0. The van der Waals surface area contributed by atoms with Crippen LogP contribution in [0.5, 0.6) is 0 Å². The summed E-state index contributed by atoms with van der Waals surface area (Å²) in [5, 5.41) is 0. The zero-order valence-electron chi connectivity index (χ0n) is 11.2. The number of hydrogen-bond donors (Lipinski definition) is 0. The van der Waals surface area contributed by atoms with E-state index < -0.39 is 0 Å². The summed E-state index contributed by atoms with van der Waals surface area (Å²) >= 11 is 0. The fourth-order valence-corrected chi connectivity index (χ4v) is 2.45. The van der Waals surface area contributed by atoms with E-state index in [1.165, 1.54) is 32.4 Å². The molecule has 2 nitrogen and oxygen atoms in total.